The topological polar surface area (TPSA) is 66.9 Å². The van der Waals surface area contributed by atoms with E-state index in [9.17, 15) is 4.79 Å². The number of carbonyl (C=O) groups excluding carboxylic acids is 1. The van der Waals surface area contributed by atoms with Gasteiger partial charge in [-0.05, 0) is 24.4 Å². The molecule has 0 saturated heterocycles. The van der Waals surface area contributed by atoms with Gasteiger partial charge in [0.2, 0.25) is 0 Å². The number of benzene rings is 1. The second-order valence-electron chi connectivity index (χ2n) is 4.57. The van der Waals surface area contributed by atoms with E-state index in [-0.39, 0.29) is 6.03 Å². The van der Waals surface area contributed by atoms with Gasteiger partial charge in [0.15, 0.2) is 0 Å². The van der Waals surface area contributed by atoms with Gasteiger partial charge in [-0.25, -0.2) is 14.8 Å². The van der Waals surface area contributed by atoms with E-state index in [1.165, 1.54) is 11.3 Å². The zero-order valence-corrected chi connectivity index (χ0v) is 13.3. The summed E-state index contributed by atoms with van der Waals surface area (Å²) in [5.41, 5.74) is 3.62. The Labute approximate surface area is 136 Å². The summed E-state index contributed by atoms with van der Waals surface area (Å²) in [5, 5.41) is 9.69. The van der Waals surface area contributed by atoms with Gasteiger partial charge in [-0.2, -0.15) is 0 Å². The highest BCUT2D eigenvalue weighted by Gasteiger charge is 2.11. The van der Waals surface area contributed by atoms with Crippen molar-refractivity contribution in [3.8, 4) is 11.3 Å². The summed E-state index contributed by atoms with van der Waals surface area (Å²) in [6.07, 6.45) is 1.66. The third-order valence-corrected chi connectivity index (χ3v) is 4.05. The fourth-order valence-electron chi connectivity index (χ4n) is 2.16. The minimum Gasteiger partial charge on any atom is -0.338 e. The van der Waals surface area contributed by atoms with E-state index < -0.39 is 0 Å². The molecule has 5 nitrogen and oxygen atoms in total. The van der Waals surface area contributed by atoms with Gasteiger partial charge < -0.3 is 5.32 Å². The molecule has 0 fully saturated rings. The van der Waals surface area contributed by atoms with Crippen LogP contribution >= 0.6 is 22.9 Å². The molecule has 1 aromatic carbocycles. The summed E-state index contributed by atoms with van der Waals surface area (Å²) in [6.45, 7) is 2.41. The van der Waals surface area contributed by atoms with Crippen molar-refractivity contribution >= 4 is 45.6 Å². The van der Waals surface area contributed by atoms with E-state index in [0.717, 1.165) is 22.0 Å². The van der Waals surface area contributed by atoms with Crippen LogP contribution in [0, 0.1) is 0 Å². The molecule has 0 aliphatic heterocycles. The van der Waals surface area contributed by atoms with E-state index >= 15 is 0 Å². The first-order valence-electron chi connectivity index (χ1n) is 6.70. The van der Waals surface area contributed by atoms with Crippen LogP contribution < -0.4 is 10.6 Å². The number of pyridine rings is 1. The average Bonchev–Trinajstić information content (AvgIpc) is 3.02. The summed E-state index contributed by atoms with van der Waals surface area (Å²) >= 11 is 7.77. The number of nitrogens with zero attached hydrogens (tertiary/aromatic N) is 2. The average molecular weight is 333 g/mol. The summed E-state index contributed by atoms with van der Waals surface area (Å²) in [6, 6.07) is 5.28. The van der Waals surface area contributed by atoms with Gasteiger partial charge in [-0.3, -0.25) is 5.32 Å². The van der Waals surface area contributed by atoms with Gasteiger partial charge in [0.25, 0.3) is 0 Å². The van der Waals surface area contributed by atoms with Crippen LogP contribution in [0.2, 0.25) is 5.02 Å². The second kappa shape index (κ2) is 6.29. The maximum absolute atomic E-state index is 11.6. The molecule has 0 spiro atoms. The van der Waals surface area contributed by atoms with Crippen molar-refractivity contribution in [1.29, 1.82) is 0 Å². The molecule has 22 heavy (non-hydrogen) atoms. The third-order valence-electron chi connectivity index (χ3n) is 3.13. The lowest BCUT2D eigenvalue weighted by Gasteiger charge is -2.09. The number of urea groups is 1. The molecule has 2 N–H and O–H groups in total. The minimum atomic E-state index is -0.286. The number of hydrogen-bond acceptors (Lipinski definition) is 4. The number of anilines is 1. The molecular weight excluding hydrogens is 320 g/mol. The van der Waals surface area contributed by atoms with Gasteiger partial charge in [-0.1, -0.05) is 17.7 Å². The molecule has 2 aromatic heterocycles. The molecule has 0 bridgehead atoms. The first-order valence-corrected chi connectivity index (χ1v) is 8.02. The van der Waals surface area contributed by atoms with Crippen molar-refractivity contribution in [3.63, 3.8) is 0 Å². The number of fused-ring (bicyclic) bond motifs is 1. The predicted octanol–water partition coefficient (Wildman–Crippen LogP) is 4.15. The van der Waals surface area contributed by atoms with Crippen molar-refractivity contribution in [1.82, 2.24) is 15.3 Å². The van der Waals surface area contributed by atoms with Gasteiger partial charge in [0, 0.05) is 34.1 Å². The van der Waals surface area contributed by atoms with Crippen LogP contribution in [0.25, 0.3) is 22.0 Å². The molecule has 7 heteroatoms. The molecule has 112 valence electrons. The smallest absolute Gasteiger partial charge is 0.320 e. The van der Waals surface area contributed by atoms with Gasteiger partial charge in [0.05, 0.1) is 11.2 Å². The Bertz CT molecular complexity index is 820. The van der Waals surface area contributed by atoms with Crippen molar-refractivity contribution in [2.75, 3.05) is 11.9 Å². The summed E-state index contributed by atoms with van der Waals surface area (Å²) in [4.78, 5) is 20.2. The molecule has 0 radical (unpaired) electrons. The maximum Gasteiger partial charge on any atom is 0.320 e. The Balaban J connectivity index is 2.09. The Morgan fingerprint density at radius 1 is 1.32 bits per heavy atom. The molecule has 3 rings (SSSR count). The number of aromatic nitrogens is 2. The lowest BCUT2D eigenvalue weighted by atomic mass is 10.0. The lowest BCUT2D eigenvalue weighted by Crippen LogP contribution is -2.28. The van der Waals surface area contributed by atoms with Crippen molar-refractivity contribution in [2.45, 2.75) is 6.92 Å². The first-order chi connectivity index (χ1) is 10.7. The normalized spacial score (nSPS) is 10.6. The highest BCUT2D eigenvalue weighted by Crippen LogP contribution is 2.33. The molecule has 0 aliphatic carbocycles. The van der Waals surface area contributed by atoms with Gasteiger partial charge in [-0.15, -0.1) is 11.3 Å². The highest BCUT2D eigenvalue weighted by molar-refractivity contribution is 7.07. The number of nitrogens with one attached hydrogen (secondary N) is 2. The quantitative estimate of drug-likeness (QED) is 0.757. The number of carbonyl (C=O) groups is 1. The molecule has 0 atom stereocenters. The van der Waals surface area contributed by atoms with Crippen LogP contribution in [0.15, 0.2) is 35.3 Å². The fourth-order valence-corrected chi connectivity index (χ4v) is 2.93. The third kappa shape index (κ3) is 2.88. The van der Waals surface area contributed by atoms with E-state index in [1.807, 2.05) is 30.5 Å². The van der Waals surface area contributed by atoms with Crippen LogP contribution in [-0.4, -0.2) is 22.5 Å². The van der Waals surface area contributed by atoms with E-state index in [2.05, 4.69) is 20.6 Å². The van der Waals surface area contributed by atoms with Gasteiger partial charge >= 0.3 is 6.03 Å². The molecule has 0 aliphatic rings. The van der Waals surface area contributed by atoms with Crippen LogP contribution in [0.3, 0.4) is 0 Å². The van der Waals surface area contributed by atoms with Gasteiger partial charge in [0.1, 0.15) is 5.82 Å². The van der Waals surface area contributed by atoms with Crippen LogP contribution in [0.5, 0.6) is 0 Å². The Kier molecular flexibility index (Phi) is 4.22. The minimum absolute atomic E-state index is 0.286. The predicted molar refractivity (Wildman–Crippen MR) is 90.6 cm³/mol. The van der Waals surface area contributed by atoms with Crippen molar-refractivity contribution < 1.29 is 4.79 Å². The Hall–Kier alpha value is -2.18. The van der Waals surface area contributed by atoms with E-state index in [0.29, 0.717) is 17.4 Å². The second-order valence-corrected chi connectivity index (χ2v) is 5.69. The molecule has 2 heterocycles. The van der Waals surface area contributed by atoms with Crippen LogP contribution in [-0.2, 0) is 0 Å². The first kappa shape index (κ1) is 14.7. The molecule has 2 amide bonds. The van der Waals surface area contributed by atoms with E-state index in [4.69, 9.17) is 11.6 Å². The molecular formula is C15H13ClN4OS. The lowest BCUT2D eigenvalue weighted by molar-refractivity contribution is 0.252. The van der Waals surface area contributed by atoms with Crippen molar-refractivity contribution in [2.24, 2.45) is 0 Å². The number of rotatable bonds is 3. The maximum atomic E-state index is 11.6. The fraction of sp³-hybridized carbons (Fsp3) is 0.133. The zero-order chi connectivity index (χ0) is 15.5. The highest BCUT2D eigenvalue weighted by atomic mass is 35.5. The van der Waals surface area contributed by atoms with Crippen molar-refractivity contribution in [3.05, 3.63) is 40.3 Å². The van der Waals surface area contributed by atoms with Crippen LogP contribution in [0.1, 0.15) is 6.92 Å². The Morgan fingerprint density at radius 2 is 2.18 bits per heavy atom. The summed E-state index contributed by atoms with van der Waals surface area (Å²) < 4.78 is 0. The monoisotopic (exact) mass is 332 g/mol. The standard InChI is InChI=1S/C15H13ClN4OS/c1-2-17-15(21)20-14-5-10-9(13-7-22-8-19-13)3-4-12(16)11(10)6-18-14/h3-8H,2H2,1H3,(H2,17,18,20,21). The van der Waals surface area contributed by atoms with E-state index in [1.54, 1.807) is 11.7 Å². The summed E-state index contributed by atoms with van der Waals surface area (Å²) in [5.74, 6) is 0.470. The number of halogens is 1. The summed E-state index contributed by atoms with van der Waals surface area (Å²) in [7, 11) is 0. The number of thiazole rings is 1. The molecule has 0 saturated carbocycles. The Morgan fingerprint density at radius 3 is 2.91 bits per heavy atom. The SMILES string of the molecule is CCNC(=O)Nc1cc2c(-c3cscn3)ccc(Cl)c2cn1. The molecule has 0 unspecified atom stereocenters. The zero-order valence-electron chi connectivity index (χ0n) is 11.8. The molecule has 3 aromatic rings. The number of hydrogen-bond donors (Lipinski definition) is 2. The largest absolute Gasteiger partial charge is 0.338 e. The van der Waals surface area contributed by atoms with Crippen LogP contribution in [0.4, 0.5) is 10.6 Å². The number of amides is 2.